The van der Waals surface area contributed by atoms with E-state index in [1.165, 1.54) is 19.3 Å². The Morgan fingerprint density at radius 1 is 1.12 bits per heavy atom. The van der Waals surface area contributed by atoms with Gasteiger partial charge in [0.05, 0.1) is 0 Å². The van der Waals surface area contributed by atoms with E-state index in [4.69, 9.17) is 5.73 Å². The summed E-state index contributed by atoms with van der Waals surface area (Å²) in [6.45, 7) is 3.55. The molecule has 0 aromatic heterocycles. The summed E-state index contributed by atoms with van der Waals surface area (Å²) in [7, 11) is 0. The average Bonchev–Trinajstić information content (AvgIpc) is 2.54. The third kappa shape index (κ3) is 4.88. The van der Waals surface area contributed by atoms with Crippen LogP contribution in [0.5, 0.6) is 0 Å². The Morgan fingerprint density at radius 3 is 2.44 bits per heavy atom. The Balaban J connectivity index is 0.00000225. The van der Waals surface area contributed by atoms with Crippen molar-refractivity contribution in [1.29, 1.82) is 0 Å². The van der Waals surface area contributed by atoms with Crippen LogP contribution >= 0.6 is 12.4 Å². The predicted octanol–water partition coefficient (Wildman–Crippen LogP) is 2.47. The summed E-state index contributed by atoms with van der Waals surface area (Å²) in [5, 5.41) is 3.10. The van der Waals surface area contributed by atoms with Crippen molar-refractivity contribution in [2.24, 2.45) is 23.5 Å². The van der Waals surface area contributed by atoms with Gasteiger partial charge in [-0.1, -0.05) is 13.3 Å². The Morgan fingerprint density at radius 2 is 1.80 bits per heavy atom. The molecule has 0 spiro atoms. The molecule has 5 nitrogen and oxygen atoms in total. The van der Waals surface area contributed by atoms with Crippen molar-refractivity contribution in [3.63, 3.8) is 0 Å². The highest BCUT2D eigenvalue weighted by atomic mass is 35.5. The van der Waals surface area contributed by atoms with Crippen molar-refractivity contribution in [3.05, 3.63) is 0 Å². The van der Waals surface area contributed by atoms with Crippen LogP contribution in [-0.2, 0) is 9.59 Å². The smallest absolute Gasteiger partial charge is 0.225 e. The van der Waals surface area contributed by atoms with Crippen LogP contribution in [-0.4, -0.2) is 41.9 Å². The van der Waals surface area contributed by atoms with Gasteiger partial charge in [0.2, 0.25) is 11.8 Å². The largest absolute Gasteiger partial charge is 0.352 e. The molecule has 3 atom stereocenters. The number of hydrogen-bond donors (Lipinski definition) is 2. The molecule has 144 valence electrons. The van der Waals surface area contributed by atoms with Crippen LogP contribution in [0.4, 0.5) is 0 Å². The summed E-state index contributed by atoms with van der Waals surface area (Å²) in [6.07, 6.45) is 9.02. The molecule has 3 unspecified atom stereocenters. The highest BCUT2D eigenvalue weighted by molar-refractivity contribution is 5.85. The minimum absolute atomic E-state index is 0. The van der Waals surface area contributed by atoms with E-state index in [-0.39, 0.29) is 30.3 Å². The first-order chi connectivity index (χ1) is 11.6. The summed E-state index contributed by atoms with van der Waals surface area (Å²) in [4.78, 5) is 26.9. The van der Waals surface area contributed by atoms with Gasteiger partial charge in [0.15, 0.2) is 0 Å². The van der Waals surface area contributed by atoms with Gasteiger partial charge in [-0.15, -0.1) is 12.4 Å². The van der Waals surface area contributed by atoms with E-state index in [0.717, 1.165) is 38.6 Å². The lowest BCUT2D eigenvalue weighted by Crippen LogP contribution is -2.53. The van der Waals surface area contributed by atoms with E-state index in [1.54, 1.807) is 0 Å². The minimum Gasteiger partial charge on any atom is -0.352 e. The molecule has 1 aliphatic heterocycles. The van der Waals surface area contributed by atoms with E-state index in [2.05, 4.69) is 5.32 Å². The molecule has 3 rings (SSSR count). The number of fused-ring (bicyclic) bond motifs is 2. The van der Waals surface area contributed by atoms with Gasteiger partial charge in [-0.2, -0.15) is 0 Å². The summed E-state index contributed by atoms with van der Waals surface area (Å²) in [5.41, 5.74) is 6.36. The quantitative estimate of drug-likeness (QED) is 0.797. The number of amides is 2. The second-order valence-electron chi connectivity index (χ2n) is 8.14. The summed E-state index contributed by atoms with van der Waals surface area (Å²) in [5.74, 6) is 1.67. The first-order valence-electron chi connectivity index (χ1n) is 9.92. The SMILES string of the molecule is CCCC(=O)NC1CCCN(C(=O)C2CC3CCCC(C2)C3N)C1.Cl. The van der Waals surface area contributed by atoms with E-state index >= 15 is 0 Å². The first kappa shape index (κ1) is 20.5. The Labute approximate surface area is 157 Å². The van der Waals surface area contributed by atoms with Crippen LogP contribution < -0.4 is 11.1 Å². The fourth-order valence-corrected chi connectivity index (χ4v) is 5.07. The highest BCUT2D eigenvalue weighted by Crippen LogP contribution is 2.42. The molecule has 3 N–H and O–H groups in total. The molecule has 2 bridgehead atoms. The number of piperidine rings is 1. The molecular formula is C19H34ClN3O2. The van der Waals surface area contributed by atoms with Crippen molar-refractivity contribution in [3.8, 4) is 0 Å². The number of likely N-dealkylation sites (tertiary alicyclic amines) is 1. The van der Waals surface area contributed by atoms with Gasteiger partial charge in [0.25, 0.3) is 0 Å². The van der Waals surface area contributed by atoms with E-state index < -0.39 is 0 Å². The number of nitrogens with one attached hydrogen (secondary N) is 1. The van der Waals surface area contributed by atoms with E-state index in [0.29, 0.717) is 36.8 Å². The highest BCUT2D eigenvalue weighted by Gasteiger charge is 2.42. The number of hydrogen-bond acceptors (Lipinski definition) is 3. The molecule has 3 aliphatic rings. The van der Waals surface area contributed by atoms with E-state index in [9.17, 15) is 9.59 Å². The lowest BCUT2D eigenvalue weighted by molar-refractivity contribution is -0.140. The van der Waals surface area contributed by atoms with Gasteiger partial charge in [-0.05, 0) is 56.8 Å². The molecule has 0 aromatic rings. The van der Waals surface area contributed by atoms with Crippen LogP contribution in [0.2, 0.25) is 0 Å². The molecule has 2 amide bonds. The lowest BCUT2D eigenvalue weighted by atomic mass is 9.65. The number of rotatable bonds is 4. The van der Waals surface area contributed by atoms with Crippen molar-refractivity contribution >= 4 is 24.2 Å². The topological polar surface area (TPSA) is 75.4 Å². The van der Waals surface area contributed by atoms with Gasteiger partial charge in [0.1, 0.15) is 0 Å². The maximum absolute atomic E-state index is 13.0. The van der Waals surface area contributed by atoms with E-state index in [1.807, 2.05) is 11.8 Å². The molecule has 0 radical (unpaired) electrons. The summed E-state index contributed by atoms with van der Waals surface area (Å²) in [6, 6.07) is 0.442. The summed E-state index contributed by atoms with van der Waals surface area (Å²) < 4.78 is 0. The zero-order chi connectivity index (χ0) is 17.1. The molecule has 25 heavy (non-hydrogen) atoms. The number of carbonyl (C=O) groups is 2. The second-order valence-corrected chi connectivity index (χ2v) is 8.14. The fourth-order valence-electron chi connectivity index (χ4n) is 5.07. The van der Waals surface area contributed by atoms with Gasteiger partial charge in [-0.3, -0.25) is 9.59 Å². The number of halogens is 1. The Bertz CT molecular complexity index is 460. The van der Waals surface area contributed by atoms with Crippen LogP contribution in [0.25, 0.3) is 0 Å². The van der Waals surface area contributed by atoms with Gasteiger partial charge >= 0.3 is 0 Å². The third-order valence-corrected chi connectivity index (χ3v) is 6.34. The van der Waals surface area contributed by atoms with Gasteiger partial charge in [0, 0.05) is 37.5 Å². The molecule has 1 heterocycles. The Hall–Kier alpha value is -0.810. The summed E-state index contributed by atoms with van der Waals surface area (Å²) >= 11 is 0. The predicted molar refractivity (Wildman–Crippen MR) is 101 cm³/mol. The number of nitrogens with two attached hydrogens (primary N) is 1. The second kappa shape index (κ2) is 9.22. The Kier molecular flexibility index (Phi) is 7.56. The van der Waals surface area contributed by atoms with Crippen molar-refractivity contribution < 1.29 is 9.59 Å². The number of nitrogens with zero attached hydrogens (tertiary/aromatic N) is 1. The molecule has 6 heteroatoms. The van der Waals surface area contributed by atoms with Gasteiger partial charge in [-0.25, -0.2) is 0 Å². The zero-order valence-corrected chi connectivity index (χ0v) is 16.2. The van der Waals surface area contributed by atoms with Gasteiger partial charge < -0.3 is 16.0 Å². The van der Waals surface area contributed by atoms with Crippen molar-refractivity contribution in [1.82, 2.24) is 10.2 Å². The molecule has 2 saturated carbocycles. The van der Waals surface area contributed by atoms with Crippen molar-refractivity contribution in [2.45, 2.75) is 76.8 Å². The molecule has 2 aliphatic carbocycles. The molecule has 3 fully saturated rings. The molecule has 0 aromatic carbocycles. The third-order valence-electron chi connectivity index (χ3n) is 6.34. The maximum Gasteiger partial charge on any atom is 0.225 e. The standard InChI is InChI=1S/C19H33N3O2.ClH/c1-2-5-17(23)21-16-8-4-9-22(12-16)19(24)15-10-13-6-3-7-14(11-15)18(13)20;/h13-16,18H,2-12,20H2,1H3,(H,21,23);1H. The minimum atomic E-state index is 0. The van der Waals surface area contributed by atoms with Crippen LogP contribution in [0.15, 0.2) is 0 Å². The monoisotopic (exact) mass is 371 g/mol. The van der Waals surface area contributed by atoms with Crippen LogP contribution in [0.3, 0.4) is 0 Å². The lowest BCUT2D eigenvalue weighted by Gasteiger charge is -2.45. The zero-order valence-electron chi connectivity index (χ0n) is 15.4. The van der Waals surface area contributed by atoms with Crippen molar-refractivity contribution in [2.75, 3.05) is 13.1 Å². The first-order valence-corrected chi connectivity index (χ1v) is 9.92. The normalized spacial score (nSPS) is 34.8. The molecule has 1 saturated heterocycles. The fraction of sp³-hybridized carbons (Fsp3) is 0.895. The average molecular weight is 372 g/mol. The van der Waals surface area contributed by atoms with Crippen LogP contribution in [0.1, 0.15) is 64.7 Å². The molecular weight excluding hydrogens is 338 g/mol. The van der Waals surface area contributed by atoms with Crippen LogP contribution in [0, 0.1) is 17.8 Å². The maximum atomic E-state index is 13.0. The number of carbonyl (C=O) groups excluding carboxylic acids is 2.